The van der Waals surface area contributed by atoms with Gasteiger partial charge in [0.15, 0.2) is 0 Å². The van der Waals surface area contributed by atoms with Gasteiger partial charge in [-0.3, -0.25) is 4.79 Å². The first kappa shape index (κ1) is 17.3. The lowest BCUT2D eigenvalue weighted by Gasteiger charge is -2.08. The molecule has 0 atom stereocenters. The van der Waals surface area contributed by atoms with Crippen molar-refractivity contribution in [3.63, 3.8) is 0 Å². The molecule has 0 radical (unpaired) electrons. The largest absolute Gasteiger partial charge is 0.469 e. The van der Waals surface area contributed by atoms with Crippen LogP contribution < -0.4 is 0 Å². The molecule has 0 saturated carbocycles. The third kappa shape index (κ3) is 6.06. The summed E-state index contributed by atoms with van der Waals surface area (Å²) in [5, 5.41) is 0. The van der Waals surface area contributed by atoms with E-state index in [1.54, 1.807) is 0 Å². The highest BCUT2D eigenvalue weighted by Crippen LogP contribution is 2.24. The number of unbranched alkanes of at least 4 members (excludes halogenated alkanes) is 2. The molecule has 0 amide bonds. The summed E-state index contributed by atoms with van der Waals surface area (Å²) in [6.07, 6.45) is 6.38. The second kappa shape index (κ2) is 9.27. The maximum absolute atomic E-state index is 13.8. The van der Waals surface area contributed by atoms with Crippen LogP contribution in [0.3, 0.4) is 0 Å². The van der Waals surface area contributed by atoms with E-state index in [1.165, 1.54) is 19.2 Å². The van der Waals surface area contributed by atoms with Gasteiger partial charge >= 0.3 is 5.97 Å². The van der Waals surface area contributed by atoms with Crippen molar-refractivity contribution in [2.24, 2.45) is 0 Å². The first-order valence-electron chi connectivity index (χ1n) is 7.29. The van der Waals surface area contributed by atoms with E-state index in [-0.39, 0.29) is 5.97 Å². The van der Waals surface area contributed by atoms with Crippen molar-refractivity contribution in [3.05, 3.63) is 41.5 Å². The van der Waals surface area contributed by atoms with Crippen LogP contribution in [0.2, 0.25) is 0 Å². The van der Waals surface area contributed by atoms with Crippen molar-refractivity contribution in [1.82, 2.24) is 0 Å². The van der Waals surface area contributed by atoms with E-state index in [4.69, 9.17) is 0 Å². The molecule has 1 rings (SSSR count). The van der Waals surface area contributed by atoms with Crippen LogP contribution in [0, 0.1) is 11.6 Å². The molecule has 0 fully saturated rings. The van der Waals surface area contributed by atoms with Crippen LogP contribution in [0.25, 0.3) is 5.57 Å². The first-order valence-corrected chi connectivity index (χ1v) is 7.29. The van der Waals surface area contributed by atoms with E-state index in [0.29, 0.717) is 12.0 Å². The minimum absolute atomic E-state index is 0.211. The summed E-state index contributed by atoms with van der Waals surface area (Å²) in [6, 6.07) is 3.68. The van der Waals surface area contributed by atoms with E-state index in [0.717, 1.165) is 43.7 Å². The number of methoxy groups -OCH3 is 1. The van der Waals surface area contributed by atoms with Gasteiger partial charge in [-0.2, -0.15) is 0 Å². The maximum Gasteiger partial charge on any atom is 0.305 e. The number of carbonyl (C=O) groups excluding carboxylic acids is 1. The zero-order valence-corrected chi connectivity index (χ0v) is 12.6. The summed E-state index contributed by atoms with van der Waals surface area (Å²) in [5.41, 5.74) is 1.36. The molecule has 0 aromatic heterocycles. The molecule has 0 N–H and O–H groups in total. The van der Waals surface area contributed by atoms with Gasteiger partial charge < -0.3 is 4.74 Å². The predicted molar refractivity (Wildman–Crippen MR) is 79.7 cm³/mol. The Morgan fingerprint density at radius 3 is 2.62 bits per heavy atom. The maximum atomic E-state index is 13.8. The Morgan fingerprint density at radius 2 is 2.00 bits per heavy atom. The van der Waals surface area contributed by atoms with Crippen LogP contribution in [-0.2, 0) is 9.53 Å². The number of benzene rings is 1. The third-order valence-corrected chi connectivity index (χ3v) is 3.25. The smallest absolute Gasteiger partial charge is 0.305 e. The fourth-order valence-corrected chi connectivity index (χ4v) is 2.16. The van der Waals surface area contributed by atoms with Gasteiger partial charge in [0, 0.05) is 18.1 Å². The van der Waals surface area contributed by atoms with Gasteiger partial charge in [0.1, 0.15) is 11.6 Å². The molecule has 21 heavy (non-hydrogen) atoms. The van der Waals surface area contributed by atoms with Gasteiger partial charge in [-0.15, -0.1) is 0 Å². The Balaban J connectivity index is 2.63. The predicted octanol–water partition coefficient (Wildman–Crippen LogP) is 4.88. The van der Waals surface area contributed by atoms with Crippen molar-refractivity contribution in [2.45, 2.75) is 45.4 Å². The first-order chi connectivity index (χ1) is 10.1. The zero-order valence-electron chi connectivity index (χ0n) is 12.6. The molecule has 0 spiro atoms. The van der Waals surface area contributed by atoms with Crippen molar-refractivity contribution in [2.75, 3.05) is 7.11 Å². The molecule has 0 unspecified atom stereocenters. The molecule has 116 valence electrons. The van der Waals surface area contributed by atoms with Crippen LogP contribution in [0.15, 0.2) is 24.3 Å². The molecule has 0 bridgehead atoms. The normalized spacial score (nSPS) is 11.5. The molecular formula is C17H22F2O2. The van der Waals surface area contributed by atoms with Crippen LogP contribution >= 0.6 is 0 Å². The summed E-state index contributed by atoms with van der Waals surface area (Å²) < 4.78 is 31.3. The Hall–Kier alpha value is -1.71. The highest BCUT2D eigenvalue weighted by atomic mass is 19.1. The fourth-order valence-electron chi connectivity index (χ4n) is 2.16. The van der Waals surface area contributed by atoms with Crippen LogP contribution in [0.1, 0.15) is 51.0 Å². The second-order valence-electron chi connectivity index (χ2n) is 4.93. The van der Waals surface area contributed by atoms with Crippen LogP contribution in [-0.4, -0.2) is 13.1 Å². The summed E-state index contributed by atoms with van der Waals surface area (Å²) in [7, 11) is 1.37. The highest BCUT2D eigenvalue weighted by Gasteiger charge is 2.08. The van der Waals surface area contributed by atoms with Crippen LogP contribution in [0.4, 0.5) is 8.78 Å². The number of hydrogen-bond acceptors (Lipinski definition) is 2. The summed E-state index contributed by atoms with van der Waals surface area (Å²) >= 11 is 0. The molecule has 4 heteroatoms. The number of carbonyl (C=O) groups is 1. The van der Waals surface area contributed by atoms with E-state index >= 15 is 0 Å². The summed E-state index contributed by atoms with van der Waals surface area (Å²) in [4.78, 5) is 11.0. The lowest BCUT2D eigenvalue weighted by Crippen LogP contribution is -1.99. The van der Waals surface area contributed by atoms with E-state index in [9.17, 15) is 13.6 Å². The molecular weight excluding hydrogens is 274 g/mol. The molecule has 0 heterocycles. The van der Waals surface area contributed by atoms with Gasteiger partial charge in [0.25, 0.3) is 0 Å². The summed E-state index contributed by atoms with van der Waals surface area (Å²) in [5.74, 6) is -1.30. The SMILES string of the molecule is CCC/C(=C/CCCCC(=O)OC)c1ccc(F)cc1F. The average molecular weight is 296 g/mol. The van der Waals surface area contributed by atoms with Gasteiger partial charge in [-0.05, 0) is 43.4 Å². The van der Waals surface area contributed by atoms with Crippen molar-refractivity contribution < 1.29 is 18.3 Å². The molecule has 0 aliphatic rings. The van der Waals surface area contributed by atoms with Gasteiger partial charge in [0.05, 0.1) is 7.11 Å². The monoisotopic (exact) mass is 296 g/mol. The van der Waals surface area contributed by atoms with Crippen molar-refractivity contribution >= 4 is 11.5 Å². The average Bonchev–Trinajstić information content (AvgIpc) is 2.46. The van der Waals surface area contributed by atoms with Gasteiger partial charge in [-0.25, -0.2) is 8.78 Å². The van der Waals surface area contributed by atoms with E-state index in [1.807, 2.05) is 13.0 Å². The zero-order chi connectivity index (χ0) is 15.7. The van der Waals surface area contributed by atoms with Crippen molar-refractivity contribution in [1.29, 1.82) is 0 Å². The quantitative estimate of drug-likeness (QED) is 0.505. The molecule has 1 aromatic carbocycles. The lowest BCUT2D eigenvalue weighted by molar-refractivity contribution is -0.140. The Morgan fingerprint density at radius 1 is 1.24 bits per heavy atom. The van der Waals surface area contributed by atoms with Gasteiger partial charge in [-0.1, -0.05) is 19.4 Å². The second-order valence-corrected chi connectivity index (χ2v) is 4.93. The van der Waals surface area contributed by atoms with Crippen molar-refractivity contribution in [3.8, 4) is 0 Å². The van der Waals surface area contributed by atoms with E-state index < -0.39 is 11.6 Å². The minimum atomic E-state index is -0.565. The van der Waals surface area contributed by atoms with Crippen LogP contribution in [0.5, 0.6) is 0 Å². The fraction of sp³-hybridized carbons (Fsp3) is 0.471. The minimum Gasteiger partial charge on any atom is -0.469 e. The Bertz CT molecular complexity index is 496. The number of hydrogen-bond donors (Lipinski definition) is 0. The number of halogens is 2. The molecule has 1 aromatic rings. The standard InChI is InChI=1S/C17H22F2O2/c1-3-7-13(8-5-4-6-9-17(20)21-2)15-11-10-14(18)12-16(15)19/h8,10-12H,3-7,9H2,1-2H3/b13-8-. The number of ether oxygens (including phenoxy) is 1. The molecule has 0 aliphatic carbocycles. The number of rotatable bonds is 8. The molecule has 0 aliphatic heterocycles. The number of esters is 1. The van der Waals surface area contributed by atoms with Gasteiger partial charge in [0.2, 0.25) is 0 Å². The number of allylic oxidation sites excluding steroid dienone is 2. The molecule has 2 nitrogen and oxygen atoms in total. The lowest BCUT2D eigenvalue weighted by atomic mass is 9.98. The molecule has 0 saturated heterocycles. The highest BCUT2D eigenvalue weighted by molar-refractivity contribution is 5.69. The topological polar surface area (TPSA) is 26.3 Å². The summed E-state index contributed by atoms with van der Waals surface area (Å²) in [6.45, 7) is 2.02. The Labute approximate surface area is 124 Å². The third-order valence-electron chi connectivity index (χ3n) is 3.25. The Kier molecular flexibility index (Phi) is 7.65. The van der Waals surface area contributed by atoms with E-state index in [2.05, 4.69) is 4.74 Å².